The SMILES string of the molecule is COC(=O)C[C@@H]1CN(C(=O)OC(C)(C)C)CCN1c1cccc(C(=O)OCc2ccccc2)c1. The molecular formula is C26H32N2O6. The van der Waals surface area contributed by atoms with Gasteiger partial charge in [-0.25, -0.2) is 9.59 Å². The van der Waals surface area contributed by atoms with Crippen LogP contribution in [0.15, 0.2) is 54.6 Å². The predicted molar refractivity (Wildman–Crippen MR) is 128 cm³/mol. The summed E-state index contributed by atoms with van der Waals surface area (Å²) < 4.78 is 15.8. The Morgan fingerprint density at radius 1 is 1.00 bits per heavy atom. The average molecular weight is 469 g/mol. The van der Waals surface area contributed by atoms with Gasteiger partial charge in [-0.1, -0.05) is 36.4 Å². The van der Waals surface area contributed by atoms with Crippen molar-refractivity contribution in [1.29, 1.82) is 0 Å². The Hall–Kier alpha value is -3.55. The lowest BCUT2D eigenvalue weighted by atomic mass is 10.1. The Balaban J connectivity index is 1.74. The fourth-order valence-corrected chi connectivity index (χ4v) is 3.76. The van der Waals surface area contributed by atoms with Crippen LogP contribution in [0.4, 0.5) is 10.5 Å². The number of hydrogen-bond acceptors (Lipinski definition) is 7. The number of piperazine rings is 1. The summed E-state index contributed by atoms with van der Waals surface area (Å²) in [6.45, 7) is 6.83. The summed E-state index contributed by atoms with van der Waals surface area (Å²) in [5, 5.41) is 0. The van der Waals surface area contributed by atoms with Crippen molar-refractivity contribution in [3.05, 3.63) is 65.7 Å². The van der Waals surface area contributed by atoms with E-state index in [0.717, 1.165) is 11.3 Å². The van der Waals surface area contributed by atoms with Gasteiger partial charge in [0.2, 0.25) is 0 Å². The summed E-state index contributed by atoms with van der Waals surface area (Å²) in [5.74, 6) is -0.804. The molecule has 1 atom stereocenters. The Bertz CT molecular complexity index is 1000. The maximum atomic E-state index is 12.6. The second-order valence-electron chi connectivity index (χ2n) is 9.17. The summed E-state index contributed by atoms with van der Waals surface area (Å²) in [5.41, 5.74) is 1.48. The number of carbonyl (C=O) groups is 3. The summed E-state index contributed by atoms with van der Waals surface area (Å²) in [6, 6.07) is 16.3. The molecule has 1 aliphatic rings. The minimum atomic E-state index is -0.611. The first kappa shape index (κ1) is 25.1. The van der Waals surface area contributed by atoms with E-state index in [1.165, 1.54) is 7.11 Å². The van der Waals surface area contributed by atoms with Crippen LogP contribution >= 0.6 is 0 Å². The van der Waals surface area contributed by atoms with Crippen molar-refractivity contribution < 1.29 is 28.6 Å². The molecule has 0 aliphatic carbocycles. The molecule has 0 saturated carbocycles. The lowest BCUT2D eigenvalue weighted by Crippen LogP contribution is -2.56. The number of nitrogens with zero attached hydrogens (tertiary/aromatic N) is 2. The number of ether oxygens (including phenoxy) is 3. The van der Waals surface area contributed by atoms with Crippen molar-refractivity contribution in [2.24, 2.45) is 0 Å². The van der Waals surface area contributed by atoms with Gasteiger partial charge in [0.1, 0.15) is 12.2 Å². The van der Waals surface area contributed by atoms with E-state index in [0.29, 0.717) is 25.2 Å². The number of benzene rings is 2. The van der Waals surface area contributed by atoms with Crippen LogP contribution < -0.4 is 4.90 Å². The fraction of sp³-hybridized carbons (Fsp3) is 0.423. The van der Waals surface area contributed by atoms with Crippen molar-refractivity contribution in [3.8, 4) is 0 Å². The summed E-state index contributed by atoms with van der Waals surface area (Å²) >= 11 is 0. The van der Waals surface area contributed by atoms with E-state index in [1.54, 1.807) is 23.1 Å². The van der Waals surface area contributed by atoms with Crippen molar-refractivity contribution in [3.63, 3.8) is 0 Å². The lowest BCUT2D eigenvalue weighted by molar-refractivity contribution is -0.141. The van der Waals surface area contributed by atoms with Gasteiger partial charge in [0.15, 0.2) is 0 Å². The van der Waals surface area contributed by atoms with Gasteiger partial charge >= 0.3 is 18.0 Å². The highest BCUT2D eigenvalue weighted by atomic mass is 16.6. The first-order valence-electron chi connectivity index (χ1n) is 11.3. The molecule has 1 saturated heterocycles. The largest absolute Gasteiger partial charge is 0.469 e. The summed E-state index contributed by atoms with van der Waals surface area (Å²) in [6.07, 6.45) is -0.321. The monoisotopic (exact) mass is 468 g/mol. The lowest BCUT2D eigenvalue weighted by Gasteiger charge is -2.42. The minimum Gasteiger partial charge on any atom is -0.469 e. The van der Waals surface area contributed by atoms with Gasteiger partial charge in [0, 0.05) is 25.3 Å². The smallest absolute Gasteiger partial charge is 0.410 e. The van der Waals surface area contributed by atoms with Gasteiger partial charge in [-0.15, -0.1) is 0 Å². The molecule has 0 spiro atoms. The Labute approximate surface area is 200 Å². The molecule has 1 amide bonds. The third-order valence-corrected chi connectivity index (χ3v) is 5.39. The highest BCUT2D eigenvalue weighted by Gasteiger charge is 2.33. The van der Waals surface area contributed by atoms with Gasteiger partial charge in [0.05, 0.1) is 25.1 Å². The number of carbonyl (C=O) groups excluding carboxylic acids is 3. The van der Waals surface area contributed by atoms with E-state index in [4.69, 9.17) is 14.2 Å². The van der Waals surface area contributed by atoms with Crippen LogP contribution in [0.5, 0.6) is 0 Å². The van der Waals surface area contributed by atoms with Crippen molar-refractivity contribution >= 4 is 23.7 Å². The quantitative estimate of drug-likeness (QED) is 0.467. The molecule has 8 heteroatoms. The molecule has 0 aromatic heterocycles. The van der Waals surface area contributed by atoms with E-state index in [2.05, 4.69) is 0 Å². The molecule has 8 nitrogen and oxygen atoms in total. The zero-order chi connectivity index (χ0) is 24.7. The number of anilines is 1. The van der Waals surface area contributed by atoms with Crippen molar-refractivity contribution in [2.45, 2.75) is 45.4 Å². The standard InChI is InChI=1S/C26H32N2O6/c1-26(2,3)34-25(31)27-13-14-28(22(17-27)16-23(29)32-4)21-12-8-11-20(15-21)24(30)33-18-19-9-6-5-7-10-19/h5-12,15,22H,13-14,16-18H2,1-4H3/t22-/m1/s1. The van der Waals surface area contributed by atoms with Crippen molar-refractivity contribution in [2.75, 3.05) is 31.6 Å². The predicted octanol–water partition coefficient (Wildman–Crippen LogP) is 4.03. The van der Waals surface area contributed by atoms with Gasteiger partial charge in [-0.05, 0) is 44.5 Å². The molecule has 1 fully saturated rings. The number of methoxy groups -OCH3 is 1. The molecule has 0 unspecified atom stereocenters. The molecule has 2 aromatic carbocycles. The number of amides is 1. The second kappa shape index (κ2) is 11.0. The molecule has 1 heterocycles. The molecule has 0 N–H and O–H groups in total. The molecule has 1 aliphatic heterocycles. The zero-order valence-electron chi connectivity index (χ0n) is 20.2. The summed E-state index contributed by atoms with van der Waals surface area (Å²) in [4.78, 5) is 41.0. The highest BCUT2D eigenvalue weighted by Crippen LogP contribution is 2.25. The molecule has 2 aromatic rings. The van der Waals surface area contributed by atoms with Gasteiger partial charge in [-0.2, -0.15) is 0 Å². The molecular weight excluding hydrogens is 436 g/mol. The third kappa shape index (κ3) is 6.97. The van der Waals surface area contributed by atoms with E-state index in [1.807, 2.05) is 62.1 Å². The van der Waals surface area contributed by atoms with E-state index >= 15 is 0 Å². The van der Waals surface area contributed by atoms with Crippen molar-refractivity contribution in [1.82, 2.24) is 4.90 Å². The topological polar surface area (TPSA) is 85.4 Å². The van der Waals surface area contributed by atoms with Crippen LogP contribution in [-0.2, 0) is 25.6 Å². The highest BCUT2D eigenvalue weighted by molar-refractivity contribution is 5.90. The Morgan fingerprint density at radius 3 is 2.41 bits per heavy atom. The first-order chi connectivity index (χ1) is 16.2. The van der Waals surface area contributed by atoms with E-state index in [9.17, 15) is 14.4 Å². The van der Waals surface area contributed by atoms with Crippen LogP contribution in [0.2, 0.25) is 0 Å². The van der Waals surface area contributed by atoms with Gasteiger partial charge < -0.3 is 24.0 Å². The fourth-order valence-electron chi connectivity index (χ4n) is 3.76. The average Bonchev–Trinajstić information content (AvgIpc) is 2.82. The first-order valence-corrected chi connectivity index (χ1v) is 11.3. The number of rotatable bonds is 6. The molecule has 0 radical (unpaired) electrons. The Kier molecular flexibility index (Phi) is 8.15. The van der Waals surface area contributed by atoms with Crippen LogP contribution in [0.3, 0.4) is 0 Å². The normalized spacial score (nSPS) is 16.1. The third-order valence-electron chi connectivity index (χ3n) is 5.39. The molecule has 3 rings (SSSR count). The van der Waals surface area contributed by atoms with Gasteiger partial charge in [-0.3, -0.25) is 4.79 Å². The van der Waals surface area contributed by atoms with E-state index < -0.39 is 17.7 Å². The zero-order valence-corrected chi connectivity index (χ0v) is 20.2. The molecule has 0 bridgehead atoms. The van der Waals surface area contributed by atoms with E-state index in [-0.39, 0.29) is 25.0 Å². The molecule has 182 valence electrons. The van der Waals surface area contributed by atoms with Crippen LogP contribution in [-0.4, -0.2) is 61.3 Å². The number of esters is 2. The van der Waals surface area contributed by atoms with Crippen LogP contribution in [0.1, 0.15) is 43.1 Å². The minimum absolute atomic E-state index is 0.0957. The summed E-state index contributed by atoms with van der Waals surface area (Å²) in [7, 11) is 1.34. The van der Waals surface area contributed by atoms with Gasteiger partial charge in [0.25, 0.3) is 0 Å². The maximum Gasteiger partial charge on any atom is 0.410 e. The van der Waals surface area contributed by atoms with Crippen LogP contribution in [0, 0.1) is 0 Å². The number of hydrogen-bond donors (Lipinski definition) is 0. The Morgan fingerprint density at radius 2 is 1.74 bits per heavy atom. The second-order valence-corrected chi connectivity index (χ2v) is 9.17. The molecule has 34 heavy (non-hydrogen) atoms. The maximum absolute atomic E-state index is 12.6. The van der Waals surface area contributed by atoms with Crippen LogP contribution in [0.25, 0.3) is 0 Å².